The number of ether oxygens (including phenoxy) is 1. The molecule has 1 aromatic rings. The number of carbonyl (C=O) groups excluding carboxylic acids is 1. The van der Waals surface area contributed by atoms with Crippen molar-refractivity contribution in [1.29, 1.82) is 0 Å². The summed E-state index contributed by atoms with van der Waals surface area (Å²) >= 11 is 0. The summed E-state index contributed by atoms with van der Waals surface area (Å²) in [7, 11) is -3.09. The van der Waals surface area contributed by atoms with Gasteiger partial charge in [0.2, 0.25) is 0 Å². The van der Waals surface area contributed by atoms with Crippen LogP contribution in [0.15, 0.2) is 24.3 Å². The number of aliphatic carboxylic acids is 1. The maximum atomic E-state index is 11.5. The van der Waals surface area contributed by atoms with Crippen molar-refractivity contribution in [2.75, 3.05) is 11.8 Å². The zero-order valence-electron chi connectivity index (χ0n) is 9.91. The molecule has 0 aromatic heterocycles. The molecule has 9 heteroatoms. The van der Waals surface area contributed by atoms with Crippen molar-refractivity contribution in [3.63, 3.8) is 0 Å². The zero-order chi connectivity index (χ0) is 14.5. The Hall–Kier alpha value is -2.29. The molecule has 0 radical (unpaired) electrons. The molecule has 0 saturated carbocycles. The van der Waals surface area contributed by atoms with Gasteiger partial charge in [0.25, 0.3) is 0 Å². The number of carboxylic acids is 1. The fraction of sp³-hybridized carbons (Fsp3) is 0.200. The Labute approximate surface area is 109 Å². The van der Waals surface area contributed by atoms with Crippen LogP contribution in [0.3, 0.4) is 0 Å². The standard InChI is InChI=1S/C10H12N2O6S/c1-18-10(15)12-19(16,17)11-8-4-2-3-7(5-8)6-9(13)14/h2-5,11H,6H2,1H3,(H,12,15)(H,13,14). The highest BCUT2D eigenvalue weighted by Crippen LogP contribution is 2.12. The highest BCUT2D eigenvalue weighted by atomic mass is 32.2. The molecule has 8 nitrogen and oxygen atoms in total. The van der Waals surface area contributed by atoms with Gasteiger partial charge in [-0.3, -0.25) is 9.52 Å². The molecule has 3 N–H and O–H groups in total. The molecule has 0 aliphatic rings. The number of amides is 1. The molecule has 0 aliphatic carbocycles. The van der Waals surface area contributed by atoms with Crippen LogP contribution in [0.5, 0.6) is 0 Å². The Morgan fingerprint density at radius 1 is 1.37 bits per heavy atom. The summed E-state index contributed by atoms with van der Waals surface area (Å²) in [6, 6.07) is 5.81. The van der Waals surface area contributed by atoms with Crippen LogP contribution in [-0.2, 0) is 26.2 Å². The molecule has 0 spiro atoms. The van der Waals surface area contributed by atoms with Gasteiger partial charge in [-0.05, 0) is 17.7 Å². The lowest BCUT2D eigenvalue weighted by Crippen LogP contribution is -2.35. The number of carbonyl (C=O) groups is 2. The molecule has 104 valence electrons. The third-order valence-electron chi connectivity index (χ3n) is 1.94. The third kappa shape index (κ3) is 5.25. The number of methoxy groups -OCH3 is 1. The van der Waals surface area contributed by atoms with Gasteiger partial charge >= 0.3 is 22.3 Å². The minimum absolute atomic E-state index is 0.134. The zero-order valence-corrected chi connectivity index (χ0v) is 10.7. The molecule has 0 fully saturated rings. The van der Waals surface area contributed by atoms with Crippen LogP contribution in [0.1, 0.15) is 5.56 Å². The Morgan fingerprint density at radius 3 is 2.63 bits per heavy atom. The summed E-state index contributed by atoms with van der Waals surface area (Å²) < 4.78 is 30.7. The van der Waals surface area contributed by atoms with Crippen molar-refractivity contribution >= 4 is 28.0 Å². The number of nitrogens with one attached hydrogen (secondary N) is 2. The van der Waals surface area contributed by atoms with Crippen molar-refractivity contribution in [1.82, 2.24) is 4.72 Å². The van der Waals surface area contributed by atoms with E-state index in [1.54, 1.807) is 10.8 Å². The molecule has 19 heavy (non-hydrogen) atoms. The first-order valence-electron chi connectivity index (χ1n) is 5.01. The molecule has 1 aromatic carbocycles. The van der Waals surface area contributed by atoms with E-state index in [4.69, 9.17) is 5.11 Å². The number of carboxylic acid groups (broad SMARTS) is 1. The number of benzene rings is 1. The second-order valence-corrected chi connectivity index (χ2v) is 4.89. The van der Waals surface area contributed by atoms with E-state index < -0.39 is 22.3 Å². The summed E-state index contributed by atoms with van der Waals surface area (Å²) in [5.41, 5.74) is 0.556. The summed E-state index contributed by atoms with van der Waals surface area (Å²) in [5.74, 6) is -1.03. The van der Waals surface area contributed by atoms with Crippen LogP contribution in [0, 0.1) is 0 Å². The van der Waals surface area contributed by atoms with Crippen molar-refractivity contribution in [2.45, 2.75) is 6.42 Å². The largest absolute Gasteiger partial charge is 0.481 e. The Balaban J connectivity index is 2.82. The normalized spacial score (nSPS) is 10.6. The van der Waals surface area contributed by atoms with E-state index in [1.165, 1.54) is 18.2 Å². The first kappa shape index (κ1) is 14.8. The van der Waals surface area contributed by atoms with Crippen molar-refractivity contribution in [2.24, 2.45) is 0 Å². The van der Waals surface area contributed by atoms with Crippen LogP contribution in [0.2, 0.25) is 0 Å². The van der Waals surface area contributed by atoms with E-state index in [1.807, 2.05) is 0 Å². The second kappa shape index (κ2) is 6.05. The molecular formula is C10H12N2O6S. The fourth-order valence-electron chi connectivity index (χ4n) is 1.25. The van der Waals surface area contributed by atoms with Gasteiger partial charge in [0.1, 0.15) is 0 Å². The highest BCUT2D eigenvalue weighted by molar-refractivity contribution is 7.91. The molecule has 0 unspecified atom stereocenters. The quantitative estimate of drug-likeness (QED) is 0.717. The second-order valence-electron chi connectivity index (χ2n) is 3.47. The molecule has 0 heterocycles. The van der Waals surface area contributed by atoms with Crippen LogP contribution in [0.4, 0.5) is 10.5 Å². The smallest absolute Gasteiger partial charge is 0.422 e. The molecule has 0 atom stereocenters. The lowest BCUT2D eigenvalue weighted by Gasteiger charge is -2.09. The summed E-state index contributed by atoms with van der Waals surface area (Å²) in [6.07, 6.45) is -1.37. The minimum atomic E-state index is -4.11. The van der Waals surface area contributed by atoms with Gasteiger partial charge in [0, 0.05) is 0 Å². The van der Waals surface area contributed by atoms with Crippen molar-refractivity contribution < 1.29 is 27.9 Å². The Bertz CT molecular complexity index is 583. The van der Waals surface area contributed by atoms with E-state index >= 15 is 0 Å². The van der Waals surface area contributed by atoms with Crippen molar-refractivity contribution in [3.8, 4) is 0 Å². The first-order valence-corrected chi connectivity index (χ1v) is 6.50. The van der Waals surface area contributed by atoms with Crippen LogP contribution < -0.4 is 9.44 Å². The maximum Gasteiger partial charge on any atom is 0.422 e. The topological polar surface area (TPSA) is 122 Å². The molecule has 0 aliphatic heterocycles. The van der Waals surface area contributed by atoms with Crippen LogP contribution >= 0.6 is 0 Å². The van der Waals surface area contributed by atoms with Gasteiger partial charge in [-0.1, -0.05) is 12.1 Å². The lowest BCUT2D eigenvalue weighted by atomic mass is 10.1. The Kier molecular flexibility index (Phi) is 4.70. The van der Waals surface area contributed by atoms with E-state index in [9.17, 15) is 18.0 Å². The maximum absolute atomic E-state index is 11.5. The van der Waals surface area contributed by atoms with Gasteiger partial charge in [-0.15, -0.1) is 0 Å². The molecule has 1 rings (SSSR count). The average molecular weight is 288 g/mol. The first-order chi connectivity index (χ1) is 8.82. The van der Waals surface area contributed by atoms with Gasteiger partial charge in [0.05, 0.1) is 19.2 Å². The summed E-state index contributed by atoms with van der Waals surface area (Å²) in [5, 5.41) is 8.63. The monoisotopic (exact) mass is 288 g/mol. The van der Waals surface area contributed by atoms with Crippen molar-refractivity contribution in [3.05, 3.63) is 29.8 Å². The van der Waals surface area contributed by atoms with E-state index in [0.29, 0.717) is 5.56 Å². The molecule has 0 bridgehead atoms. The fourth-order valence-corrected chi connectivity index (χ4v) is 2.04. The third-order valence-corrected chi connectivity index (χ3v) is 2.88. The van der Waals surface area contributed by atoms with Gasteiger partial charge in [-0.2, -0.15) is 8.42 Å². The average Bonchev–Trinajstić information content (AvgIpc) is 2.26. The lowest BCUT2D eigenvalue weighted by molar-refractivity contribution is -0.136. The van der Waals surface area contributed by atoms with E-state index in [-0.39, 0.29) is 12.1 Å². The van der Waals surface area contributed by atoms with Gasteiger partial charge in [0.15, 0.2) is 0 Å². The summed E-state index contributed by atoms with van der Waals surface area (Å²) in [6.45, 7) is 0. The molecule has 1 amide bonds. The predicted molar refractivity (Wildman–Crippen MR) is 65.9 cm³/mol. The number of hydrogen-bond acceptors (Lipinski definition) is 5. The number of hydrogen-bond donors (Lipinski definition) is 3. The molecule has 0 saturated heterocycles. The van der Waals surface area contributed by atoms with Gasteiger partial charge in [-0.25, -0.2) is 9.52 Å². The predicted octanol–water partition coefficient (Wildman–Crippen LogP) is 0.326. The Morgan fingerprint density at radius 2 is 2.05 bits per heavy atom. The minimum Gasteiger partial charge on any atom is -0.481 e. The number of rotatable bonds is 5. The van der Waals surface area contributed by atoms with Crippen LogP contribution in [0.25, 0.3) is 0 Å². The SMILES string of the molecule is COC(=O)NS(=O)(=O)Nc1cccc(CC(=O)O)c1. The number of anilines is 1. The summed E-state index contributed by atoms with van der Waals surface area (Å²) in [4.78, 5) is 21.3. The van der Waals surface area contributed by atoms with E-state index in [0.717, 1.165) is 7.11 Å². The van der Waals surface area contributed by atoms with Crippen LogP contribution in [-0.4, -0.2) is 32.7 Å². The highest BCUT2D eigenvalue weighted by Gasteiger charge is 2.14. The van der Waals surface area contributed by atoms with Gasteiger partial charge < -0.3 is 9.84 Å². The van der Waals surface area contributed by atoms with E-state index in [2.05, 4.69) is 9.46 Å². The molecular weight excluding hydrogens is 276 g/mol.